The molecule has 0 aliphatic carbocycles. The minimum absolute atomic E-state index is 0.00866. The van der Waals surface area contributed by atoms with Crippen molar-refractivity contribution >= 4 is 5.91 Å². The highest BCUT2D eigenvalue weighted by molar-refractivity contribution is 5.87. The Morgan fingerprint density at radius 3 is 1.91 bits per heavy atom. The number of nitrogens with one attached hydrogen (secondary N) is 1. The number of hydroxylamine groups is 3. The van der Waals surface area contributed by atoms with Gasteiger partial charge in [-0.3, -0.25) is 4.79 Å². The molecule has 4 nitrogen and oxygen atoms in total. The van der Waals surface area contributed by atoms with E-state index >= 15 is 0 Å². The molecule has 0 heterocycles. The maximum atomic E-state index is 12.7. The molecule has 2 N–H and O–H groups in total. The van der Waals surface area contributed by atoms with E-state index in [0.29, 0.717) is 13.1 Å². The third kappa shape index (κ3) is 5.51. The van der Waals surface area contributed by atoms with Crippen LogP contribution in [0.2, 0.25) is 0 Å². The molecular weight excluding hydrogens is 288 g/mol. The van der Waals surface area contributed by atoms with Crippen LogP contribution >= 0.6 is 0 Å². The smallest absolute Gasteiger partial charge is 0.232 e. The Labute approximate surface area is 137 Å². The number of hydrogen-bond acceptors (Lipinski definition) is 2. The van der Waals surface area contributed by atoms with E-state index in [1.54, 1.807) is 14.1 Å². The van der Waals surface area contributed by atoms with Gasteiger partial charge in [0.2, 0.25) is 5.91 Å². The van der Waals surface area contributed by atoms with Gasteiger partial charge >= 0.3 is 0 Å². The number of quaternary nitrogens is 1. The topological polar surface area (TPSA) is 49.3 Å². The van der Waals surface area contributed by atoms with Gasteiger partial charge in [-0.25, -0.2) is 5.21 Å². The molecule has 0 saturated heterocycles. The van der Waals surface area contributed by atoms with Crippen molar-refractivity contribution in [3.63, 3.8) is 0 Å². The van der Waals surface area contributed by atoms with Crippen molar-refractivity contribution < 1.29 is 14.6 Å². The van der Waals surface area contributed by atoms with Crippen molar-refractivity contribution in [3.05, 3.63) is 71.8 Å². The van der Waals surface area contributed by atoms with Crippen LogP contribution < -0.4 is 5.32 Å². The first-order chi connectivity index (χ1) is 11.0. The van der Waals surface area contributed by atoms with E-state index in [1.165, 1.54) is 0 Å². The van der Waals surface area contributed by atoms with Crippen LogP contribution in [-0.4, -0.2) is 42.9 Å². The lowest BCUT2D eigenvalue weighted by atomic mass is 9.90. The number of rotatable bonds is 7. The Hall–Kier alpha value is -2.17. The van der Waals surface area contributed by atoms with Gasteiger partial charge in [-0.1, -0.05) is 60.7 Å². The van der Waals surface area contributed by atoms with E-state index in [2.05, 4.69) is 5.32 Å². The largest absolute Gasteiger partial charge is 0.355 e. The second kappa shape index (κ2) is 7.90. The van der Waals surface area contributed by atoms with E-state index in [4.69, 9.17) is 0 Å². The fourth-order valence-corrected chi connectivity index (χ4v) is 2.57. The molecule has 2 aromatic rings. The zero-order valence-electron chi connectivity index (χ0n) is 13.8. The first kappa shape index (κ1) is 17.2. The minimum atomic E-state index is -0.311. The molecule has 23 heavy (non-hydrogen) atoms. The molecule has 0 spiro atoms. The van der Waals surface area contributed by atoms with E-state index in [-0.39, 0.29) is 16.5 Å². The third-order valence-corrected chi connectivity index (χ3v) is 3.71. The average Bonchev–Trinajstić information content (AvgIpc) is 2.53. The molecular formula is C19H25N2O2+. The summed E-state index contributed by atoms with van der Waals surface area (Å²) in [4.78, 5) is 12.7. The highest BCUT2D eigenvalue weighted by Gasteiger charge is 2.22. The van der Waals surface area contributed by atoms with Crippen molar-refractivity contribution in [2.45, 2.75) is 12.3 Å². The average molecular weight is 313 g/mol. The summed E-state index contributed by atoms with van der Waals surface area (Å²) in [5, 5.41) is 12.7. The fraction of sp³-hybridized carbons (Fsp3) is 0.316. The van der Waals surface area contributed by atoms with E-state index in [9.17, 15) is 10.0 Å². The maximum absolute atomic E-state index is 12.7. The third-order valence-electron chi connectivity index (χ3n) is 3.71. The van der Waals surface area contributed by atoms with Crippen LogP contribution in [0.25, 0.3) is 0 Å². The Kier molecular flexibility index (Phi) is 5.90. The Morgan fingerprint density at radius 2 is 1.48 bits per heavy atom. The lowest BCUT2D eigenvalue weighted by Gasteiger charge is -2.20. The van der Waals surface area contributed by atoms with E-state index < -0.39 is 0 Å². The van der Waals surface area contributed by atoms with Crippen LogP contribution in [0.4, 0.5) is 0 Å². The Morgan fingerprint density at radius 1 is 1.00 bits per heavy atom. The van der Waals surface area contributed by atoms with Crippen molar-refractivity contribution in [1.29, 1.82) is 0 Å². The summed E-state index contributed by atoms with van der Waals surface area (Å²) in [5.41, 5.74) is 1.96. The predicted molar refractivity (Wildman–Crippen MR) is 91.1 cm³/mol. The number of benzene rings is 2. The summed E-state index contributed by atoms with van der Waals surface area (Å²) >= 11 is 0. The number of carbonyl (C=O) groups excluding carboxylic acids is 1. The number of nitrogens with zero attached hydrogens (tertiary/aromatic N) is 1. The molecule has 0 unspecified atom stereocenters. The van der Waals surface area contributed by atoms with Crippen LogP contribution in [0.5, 0.6) is 0 Å². The summed E-state index contributed by atoms with van der Waals surface area (Å²) in [7, 11) is 3.44. The van der Waals surface area contributed by atoms with Crippen molar-refractivity contribution in [2.75, 3.05) is 27.2 Å². The van der Waals surface area contributed by atoms with Gasteiger partial charge in [-0.05, 0) is 11.1 Å². The molecule has 1 amide bonds. The second-order valence-electron chi connectivity index (χ2n) is 6.24. The molecule has 0 radical (unpaired) electrons. The highest BCUT2D eigenvalue weighted by atomic mass is 16.5. The van der Waals surface area contributed by atoms with Gasteiger partial charge in [0.25, 0.3) is 0 Å². The molecule has 2 rings (SSSR count). The lowest BCUT2D eigenvalue weighted by molar-refractivity contribution is -1.07. The Bertz CT molecular complexity index is 567. The molecule has 0 aliphatic heterocycles. The van der Waals surface area contributed by atoms with Crippen molar-refractivity contribution in [1.82, 2.24) is 5.32 Å². The van der Waals surface area contributed by atoms with Gasteiger partial charge < -0.3 is 5.32 Å². The van der Waals surface area contributed by atoms with Crippen LogP contribution in [0.1, 0.15) is 23.5 Å². The number of carbonyl (C=O) groups is 1. The van der Waals surface area contributed by atoms with Crippen LogP contribution in [0.15, 0.2) is 60.7 Å². The number of hydrogen-bond donors (Lipinski definition) is 2. The van der Waals surface area contributed by atoms with Gasteiger partial charge in [0.1, 0.15) is 6.54 Å². The SMILES string of the molecule is C[N+](C)(O)CCCNC(=O)C(c1ccccc1)c1ccccc1. The summed E-state index contributed by atoms with van der Waals surface area (Å²) < 4.78 is -0.0866. The lowest BCUT2D eigenvalue weighted by Crippen LogP contribution is -2.39. The molecule has 2 aromatic carbocycles. The van der Waals surface area contributed by atoms with Crippen LogP contribution in [-0.2, 0) is 4.79 Å². The molecule has 0 bridgehead atoms. The normalized spacial score (nSPS) is 11.5. The van der Waals surface area contributed by atoms with Gasteiger partial charge in [0, 0.05) is 13.0 Å². The summed E-state index contributed by atoms with van der Waals surface area (Å²) in [6.07, 6.45) is 0.728. The molecule has 122 valence electrons. The Balaban J connectivity index is 2.07. The quantitative estimate of drug-likeness (QED) is 0.469. The fourth-order valence-electron chi connectivity index (χ4n) is 2.57. The van der Waals surface area contributed by atoms with Crippen LogP contribution in [0.3, 0.4) is 0 Å². The summed E-state index contributed by atoms with van der Waals surface area (Å²) in [6.45, 7) is 1.15. The van der Waals surface area contributed by atoms with Gasteiger partial charge in [0.05, 0.1) is 20.0 Å². The number of amides is 1. The molecule has 0 saturated carbocycles. The summed E-state index contributed by atoms with van der Waals surface area (Å²) in [5.74, 6) is -0.320. The maximum Gasteiger partial charge on any atom is 0.232 e. The van der Waals surface area contributed by atoms with Crippen LogP contribution in [0, 0.1) is 0 Å². The van der Waals surface area contributed by atoms with Gasteiger partial charge in [-0.2, -0.15) is 4.65 Å². The minimum Gasteiger partial charge on any atom is -0.355 e. The molecule has 4 heteroatoms. The van der Waals surface area contributed by atoms with E-state index in [1.807, 2.05) is 60.7 Å². The zero-order chi connectivity index (χ0) is 16.7. The van der Waals surface area contributed by atoms with E-state index in [0.717, 1.165) is 17.5 Å². The summed E-state index contributed by atoms with van der Waals surface area (Å²) in [6, 6.07) is 19.6. The zero-order valence-corrected chi connectivity index (χ0v) is 13.8. The molecule has 0 atom stereocenters. The van der Waals surface area contributed by atoms with Crippen molar-refractivity contribution in [2.24, 2.45) is 0 Å². The second-order valence-corrected chi connectivity index (χ2v) is 6.24. The molecule has 0 fully saturated rings. The standard InChI is InChI=1S/C19H24N2O2/c1-21(2,23)15-9-14-20-19(22)18(16-10-5-3-6-11-16)17-12-7-4-8-13-17/h3-8,10-13,18,23H,9,14-15H2,1-2H3/p+1. The van der Waals surface area contributed by atoms with Crippen molar-refractivity contribution in [3.8, 4) is 0 Å². The predicted octanol–water partition coefficient (Wildman–Crippen LogP) is 2.79. The van der Waals surface area contributed by atoms with Gasteiger partial charge in [0.15, 0.2) is 0 Å². The monoisotopic (exact) mass is 313 g/mol. The molecule has 0 aliphatic rings. The van der Waals surface area contributed by atoms with Gasteiger partial charge in [-0.15, -0.1) is 0 Å². The highest BCUT2D eigenvalue weighted by Crippen LogP contribution is 2.24. The first-order valence-electron chi connectivity index (χ1n) is 7.91. The molecule has 0 aromatic heterocycles. The first-order valence-corrected chi connectivity index (χ1v) is 7.91.